The van der Waals surface area contributed by atoms with E-state index in [2.05, 4.69) is 0 Å². The number of carbonyl (C=O) groups is 1. The Hall–Kier alpha value is -1.97. The van der Waals surface area contributed by atoms with Crippen LogP contribution < -0.4 is 5.73 Å². The van der Waals surface area contributed by atoms with Gasteiger partial charge in [-0.3, -0.25) is 0 Å². The van der Waals surface area contributed by atoms with Crippen LogP contribution in [0.5, 0.6) is 0 Å². The predicted molar refractivity (Wildman–Crippen MR) is 56.6 cm³/mol. The van der Waals surface area contributed by atoms with E-state index in [1.807, 2.05) is 12.1 Å². The molecule has 0 saturated carbocycles. The zero-order chi connectivity index (χ0) is 10.8. The van der Waals surface area contributed by atoms with Gasteiger partial charge in [-0.1, -0.05) is 12.1 Å². The van der Waals surface area contributed by atoms with Gasteiger partial charge in [-0.05, 0) is 19.1 Å². The molecule has 0 spiro atoms. The molecule has 0 aliphatic carbocycles. The molecule has 2 aromatic rings. The highest BCUT2D eigenvalue weighted by Gasteiger charge is 2.13. The molecule has 0 amide bonds. The number of para-hydroxylation sites is 1. The van der Waals surface area contributed by atoms with Gasteiger partial charge in [0.15, 0.2) is 5.58 Å². The number of anilines is 1. The van der Waals surface area contributed by atoms with E-state index >= 15 is 0 Å². The smallest absolute Gasteiger partial charge is 0.374 e. The van der Waals surface area contributed by atoms with E-state index in [4.69, 9.17) is 14.9 Å². The monoisotopic (exact) mass is 205 g/mol. The highest BCUT2D eigenvalue weighted by Crippen LogP contribution is 2.24. The minimum Gasteiger partial charge on any atom is -0.460 e. The van der Waals surface area contributed by atoms with Crippen LogP contribution in [0.3, 0.4) is 0 Å². The minimum absolute atomic E-state index is 0.185. The molecule has 0 aliphatic rings. The summed E-state index contributed by atoms with van der Waals surface area (Å²) >= 11 is 0. The third kappa shape index (κ3) is 1.66. The molecule has 1 heterocycles. The number of nitrogen functional groups attached to an aromatic ring is 1. The highest BCUT2D eigenvalue weighted by molar-refractivity contribution is 5.96. The van der Waals surface area contributed by atoms with Crippen LogP contribution in [-0.4, -0.2) is 12.6 Å². The third-order valence-electron chi connectivity index (χ3n) is 2.05. The summed E-state index contributed by atoms with van der Waals surface area (Å²) in [6.45, 7) is 2.07. The fraction of sp³-hybridized carbons (Fsp3) is 0.182. The lowest BCUT2D eigenvalue weighted by Gasteiger charge is -1.96. The number of esters is 1. The molecule has 0 aliphatic heterocycles. The van der Waals surface area contributed by atoms with Crippen molar-refractivity contribution in [3.63, 3.8) is 0 Å². The summed E-state index contributed by atoms with van der Waals surface area (Å²) in [5, 5.41) is 0.804. The van der Waals surface area contributed by atoms with Gasteiger partial charge in [0.05, 0.1) is 12.3 Å². The van der Waals surface area contributed by atoms with Gasteiger partial charge in [0.25, 0.3) is 0 Å². The maximum Gasteiger partial charge on any atom is 0.374 e. The molecule has 2 rings (SSSR count). The van der Waals surface area contributed by atoms with E-state index in [1.54, 1.807) is 19.1 Å². The van der Waals surface area contributed by atoms with Crippen molar-refractivity contribution >= 4 is 22.6 Å². The summed E-state index contributed by atoms with van der Waals surface area (Å²) in [5.41, 5.74) is 6.74. The zero-order valence-corrected chi connectivity index (χ0v) is 8.32. The topological polar surface area (TPSA) is 65.5 Å². The van der Waals surface area contributed by atoms with Crippen LogP contribution >= 0.6 is 0 Å². The molecule has 15 heavy (non-hydrogen) atoms. The predicted octanol–water partition coefficient (Wildman–Crippen LogP) is 2.19. The summed E-state index contributed by atoms with van der Waals surface area (Å²) in [6, 6.07) is 6.99. The van der Waals surface area contributed by atoms with Crippen molar-refractivity contribution in [3.05, 3.63) is 30.0 Å². The van der Waals surface area contributed by atoms with Crippen LogP contribution in [0.4, 0.5) is 5.69 Å². The third-order valence-corrected chi connectivity index (χ3v) is 2.05. The van der Waals surface area contributed by atoms with E-state index in [1.165, 1.54) is 0 Å². The molecule has 2 N–H and O–H groups in total. The van der Waals surface area contributed by atoms with Crippen molar-refractivity contribution in [2.75, 3.05) is 12.3 Å². The van der Waals surface area contributed by atoms with Crippen molar-refractivity contribution in [1.82, 2.24) is 0 Å². The van der Waals surface area contributed by atoms with E-state index in [0.717, 1.165) is 5.39 Å². The first-order valence-corrected chi connectivity index (χ1v) is 4.67. The van der Waals surface area contributed by atoms with Gasteiger partial charge >= 0.3 is 5.97 Å². The molecule has 78 valence electrons. The van der Waals surface area contributed by atoms with Crippen LogP contribution in [0.25, 0.3) is 11.0 Å². The molecule has 0 bridgehead atoms. The van der Waals surface area contributed by atoms with E-state index in [-0.39, 0.29) is 5.76 Å². The average molecular weight is 205 g/mol. The maximum atomic E-state index is 11.4. The molecule has 0 unspecified atom stereocenters. The molecule has 1 aromatic carbocycles. The van der Waals surface area contributed by atoms with Gasteiger partial charge in [0.2, 0.25) is 5.76 Å². The minimum atomic E-state index is -0.465. The van der Waals surface area contributed by atoms with E-state index in [9.17, 15) is 4.79 Å². The summed E-state index contributed by atoms with van der Waals surface area (Å²) in [5.74, 6) is -0.280. The first-order chi connectivity index (χ1) is 7.22. The Morgan fingerprint density at radius 3 is 3.00 bits per heavy atom. The lowest BCUT2D eigenvalue weighted by Crippen LogP contribution is -2.02. The number of hydrogen-bond donors (Lipinski definition) is 1. The number of fused-ring (bicyclic) bond motifs is 1. The Bertz CT molecular complexity index is 502. The maximum absolute atomic E-state index is 11.4. The van der Waals surface area contributed by atoms with Crippen molar-refractivity contribution in [2.24, 2.45) is 0 Å². The van der Waals surface area contributed by atoms with Gasteiger partial charge < -0.3 is 14.9 Å². The van der Waals surface area contributed by atoms with E-state index in [0.29, 0.717) is 17.9 Å². The lowest BCUT2D eigenvalue weighted by molar-refractivity contribution is 0.0493. The Morgan fingerprint density at radius 1 is 1.53 bits per heavy atom. The Balaban J connectivity index is 2.47. The Kier molecular flexibility index (Phi) is 2.33. The molecule has 0 radical (unpaired) electrons. The van der Waals surface area contributed by atoms with Crippen LogP contribution in [0.15, 0.2) is 28.7 Å². The van der Waals surface area contributed by atoms with Crippen LogP contribution in [0.1, 0.15) is 17.5 Å². The van der Waals surface area contributed by atoms with Gasteiger partial charge in [-0.15, -0.1) is 0 Å². The summed E-state index contributed by atoms with van der Waals surface area (Å²) in [4.78, 5) is 11.4. The summed E-state index contributed by atoms with van der Waals surface area (Å²) in [6.07, 6.45) is 0. The Morgan fingerprint density at radius 2 is 2.33 bits per heavy atom. The SMILES string of the molecule is CCOC(=O)c1cc2cccc(N)c2o1. The normalized spacial score (nSPS) is 10.5. The molecular weight excluding hydrogens is 194 g/mol. The number of carbonyl (C=O) groups excluding carboxylic acids is 1. The van der Waals surface area contributed by atoms with Crippen LogP contribution in [0.2, 0.25) is 0 Å². The van der Waals surface area contributed by atoms with Crippen molar-refractivity contribution in [1.29, 1.82) is 0 Å². The van der Waals surface area contributed by atoms with Gasteiger partial charge in [-0.25, -0.2) is 4.79 Å². The summed E-state index contributed by atoms with van der Waals surface area (Å²) < 4.78 is 10.1. The fourth-order valence-corrected chi connectivity index (χ4v) is 1.39. The summed E-state index contributed by atoms with van der Waals surface area (Å²) in [7, 11) is 0. The number of ether oxygens (including phenoxy) is 1. The molecule has 4 heteroatoms. The molecular formula is C11H11NO3. The number of hydrogen-bond acceptors (Lipinski definition) is 4. The molecule has 1 aromatic heterocycles. The standard InChI is InChI=1S/C11H11NO3/c1-2-14-11(13)9-6-7-4-3-5-8(12)10(7)15-9/h3-6H,2,12H2,1H3. The number of furan rings is 1. The van der Waals surface area contributed by atoms with Crippen molar-refractivity contribution in [3.8, 4) is 0 Å². The average Bonchev–Trinajstić information content (AvgIpc) is 2.63. The second-order valence-electron chi connectivity index (χ2n) is 3.10. The zero-order valence-electron chi connectivity index (χ0n) is 8.32. The number of benzene rings is 1. The number of nitrogens with two attached hydrogens (primary N) is 1. The Labute approximate surface area is 86.6 Å². The van der Waals surface area contributed by atoms with E-state index < -0.39 is 5.97 Å². The number of rotatable bonds is 2. The van der Waals surface area contributed by atoms with Gasteiger partial charge in [-0.2, -0.15) is 0 Å². The fourth-order valence-electron chi connectivity index (χ4n) is 1.39. The highest BCUT2D eigenvalue weighted by atomic mass is 16.5. The molecule has 0 atom stereocenters. The molecule has 0 saturated heterocycles. The molecule has 4 nitrogen and oxygen atoms in total. The second kappa shape index (κ2) is 3.65. The van der Waals surface area contributed by atoms with Crippen molar-refractivity contribution in [2.45, 2.75) is 6.92 Å². The quantitative estimate of drug-likeness (QED) is 0.602. The first kappa shape index (κ1) is 9.58. The van der Waals surface area contributed by atoms with Crippen molar-refractivity contribution < 1.29 is 13.9 Å². The lowest BCUT2D eigenvalue weighted by atomic mass is 10.2. The second-order valence-corrected chi connectivity index (χ2v) is 3.10. The van der Waals surface area contributed by atoms with Crippen LogP contribution in [-0.2, 0) is 4.74 Å². The molecule has 0 fully saturated rings. The first-order valence-electron chi connectivity index (χ1n) is 4.67. The van der Waals surface area contributed by atoms with Gasteiger partial charge in [0.1, 0.15) is 0 Å². The van der Waals surface area contributed by atoms with Gasteiger partial charge in [0, 0.05) is 5.39 Å². The largest absolute Gasteiger partial charge is 0.460 e. The van der Waals surface area contributed by atoms with Crippen LogP contribution in [0, 0.1) is 0 Å².